The van der Waals surface area contributed by atoms with E-state index in [4.69, 9.17) is 4.74 Å². The SMILES string of the molecule is Cc1nn(CC(=O)O[C@H](C)C(=O)N2CCc3ccccc32)c(C)c1[N+](=O)[O-]. The lowest BCUT2D eigenvalue weighted by Gasteiger charge is -2.21. The number of nitrogens with zero attached hydrogens (tertiary/aromatic N) is 4. The summed E-state index contributed by atoms with van der Waals surface area (Å²) in [5, 5.41) is 15.1. The van der Waals surface area contributed by atoms with E-state index in [0.717, 1.165) is 17.7 Å². The van der Waals surface area contributed by atoms with Crippen molar-refractivity contribution >= 4 is 23.3 Å². The van der Waals surface area contributed by atoms with E-state index in [-0.39, 0.29) is 29.5 Å². The number of fused-ring (bicyclic) bond motifs is 1. The van der Waals surface area contributed by atoms with Gasteiger partial charge in [-0.25, -0.2) is 0 Å². The number of nitro groups is 1. The smallest absolute Gasteiger partial charge is 0.328 e. The van der Waals surface area contributed by atoms with Crippen LogP contribution < -0.4 is 4.90 Å². The van der Waals surface area contributed by atoms with Crippen LogP contribution >= 0.6 is 0 Å². The van der Waals surface area contributed by atoms with Crippen molar-refractivity contribution in [2.75, 3.05) is 11.4 Å². The third kappa shape index (κ3) is 3.53. The van der Waals surface area contributed by atoms with Gasteiger partial charge >= 0.3 is 11.7 Å². The van der Waals surface area contributed by atoms with E-state index in [1.54, 1.807) is 4.90 Å². The minimum Gasteiger partial charge on any atom is -0.451 e. The van der Waals surface area contributed by atoms with Crippen LogP contribution in [0.25, 0.3) is 0 Å². The van der Waals surface area contributed by atoms with Gasteiger partial charge in [0, 0.05) is 12.2 Å². The molecular formula is C18H20N4O5. The highest BCUT2D eigenvalue weighted by Gasteiger charge is 2.30. The van der Waals surface area contributed by atoms with Crippen LogP contribution in [0.4, 0.5) is 11.4 Å². The largest absolute Gasteiger partial charge is 0.451 e. The fourth-order valence-electron chi connectivity index (χ4n) is 3.30. The molecular weight excluding hydrogens is 352 g/mol. The highest BCUT2D eigenvalue weighted by Crippen LogP contribution is 2.28. The summed E-state index contributed by atoms with van der Waals surface area (Å²) < 4.78 is 6.47. The predicted molar refractivity (Wildman–Crippen MR) is 96.4 cm³/mol. The van der Waals surface area contributed by atoms with Crippen LogP contribution in [0.5, 0.6) is 0 Å². The zero-order chi connectivity index (χ0) is 19.7. The first-order valence-electron chi connectivity index (χ1n) is 8.56. The summed E-state index contributed by atoms with van der Waals surface area (Å²) >= 11 is 0. The second kappa shape index (κ2) is 7.18. The molecule has 1 atom stereocenters. The Balaban J connectivity index is 1.66. The molecule has 9 heteroatoms. The summed E-state index contributed by atoms with van der Waals surface area (Å²) in [6.07, 6.45) is -0.200. The molecule has 0 radical (unpaired) electrons. The Labute approximate surface area is 155 Å². The number of carbonyl (C=O) groups is 2. The molecule has 0 aliphatic carbocycles. The molecule has 0 unspecified atom stereocenters. The number of para-hydroxylation sites is 1. The van der Waals surface area contributed by atoms with Gasteiger partial charge in [-0.3, -0.25) is 24.4 Å². The minimum atomic E-state index is -0.962. The minimum absolute atomic E-state index is 0.124. The summed E-state index contributed by atoms with van der Waals surface area (Å²) in [5.74, 6) is -0.975. The summed E-state index contributed by atoms with van der Waals surface area (Å²) in [6.45, 7) is 4.79. The van der Waals surface area contributed by atoms with E-state index in [1.807, 2.05) is 24.3 Å². The maximum absolute atomic E-state index is 12.6. The molecule has 1 aliphatic heterocycles. The van der Waals surface area contributed by atoms with Crippen LogP contribution in [0.3, 0.4) is 0 Å². The highest BCUT2D eigenvalue weighted by atomic mass is 16.6. The molecule has 9 nitrogen and oxygen atoms in total. The maximum atomic E-state index is 12.6. The average molecular weight is 372 g/mol. The number of aromatic nitrogens is 2. The Morgan fingerprint density at radius 1 is 1.33 bits per heavy atom. The van der Waals surface area contributed by atoms with Crippen LogP contribution in [0, 0.1) is 24.0 Å². The second-order valence-electron chi connectivity index (χ2n) is 6.43. The Morgan fingerprint density at radius 2 is 2.04 bits per heavy atom. The maximum Gasteiger partial charge on any atom is 0.328 e. The van der Waals surface area contributed by atoms with E-state index >= 15 is 0 Å². The second-order valence-corrected chi connectivity index (χ2v) is 6.43. The quantitative estimate of drug-likeness (QED) is 0.451. The van der Waals surface area contributed by atoms with Gasteiger partial charge in [-0.1, -0.05) is 18.2 Å². The van der Waals surface area contributed by atoms with Crippen molar-refractivity contribution in [3.05, 3.63) is 51.3 Å². The third-order valence-corrected chi connectivity index (χ3v) is 4.61. The number of ether oxygens (including phenoxy) is 1. The molecule has 27 heavy (non-hydrogen) atoms. The van der Waals surface area contributed by atoms with Crippen molar-refractivity contribution in [3.8, 4) is 0 Å². The van der Waals surface area contributed by atoms with Crippen molar-refractivity contribution in [1.82, 2.24) is 9.78 Å². The fraction of sp³-hybridized carbons (Fsp3) is 0.389. The number of esters is 1. The molecule has 1 aromatic heterocycles. The normalized spacial score (nSPS) is 14.0. The lowest BCUT2D eigenvalue weighted by Crippen LogP contribution is -2.39. The topological polar surface area (TPSA) is 108 Å². The van der Waals surface area contributed by atoms with Crippen molar-refractivity contribution in [2.45, 2.75) is 39.8 Å². The third-order valence-electron chi connectivity index (χ3n) is 4.61. The molecule has 1 aromatic carbocycles. The van der Waals surface area contributed by atoms with E-state index in [2.05, 4.69) is 5.10 Å². The molecule has 1 aliphatic rings. The molecule has 2 aromatic rings. The van der Waals surface area contributed by atoms with Gasteiger partial charge in [0.1, 0.15) is 17.9 Å². The number of hydrogen-bond acceptors (Lipinski definition) is 6. The Kier molecular flexibility index (Phi) is 4.93. The van der Waals surface area contributed by atoms with E-state index in [1.165, 1.54) is 25.5 Å². The molecule has 0 fully saturated rings. The van der Waals surface area contributed by atoms with Crippen molar-refractivity contribution in [1.29, 1.82) is 0 Å². The first kappa shape index (κ1) is 18.6. The van der Waals surface area contributed by atoms with E-state index in [9.17, 15) is 19.7 Å². The summed E-state index contributed by atoms with van der Waals surface area (Å²) in [4.78, 5) is 37.0. The average Bonchev–Trinajstić information content (AvgIpc) is 3.15. The number of rotatable bonds is 5. The first-order valence-corrected chi connectivity index (χ1v) is 8.56. The number of anilines is 1. The van der Waals surface area contributed by atoms with Gasteiger partial charge in [0.2, 0.25) is 0 Å². The Hall–Kier alpha value is -3.23. The van der Waals surface area contributed by atoms with E-state index in [0.29, 0.717) is 6.54 Å². The van der Waals surface area contributed by atoms with Gasteiger partial charge < -0.3 is 9.64 Å². The number of amides is 1. The monoisotopic (exact) mass is 372 g/mol. The van der Waals surface area contributed by atoms with Crippen LogP contribution in [0.15, 0.2) is 24.3 Å². The van der Waals surface area contributed by atoms with Gasteiger partial charge in [-0.05, 0) is 38.8 Å². The number of hydrogen-bond donors (Lipinski definition) is 0. The van der Waals surface area contributed by atoms with E-state index < -0.39 is 17.0 Å². The molecule has 0 N–H and O–H groups in total. The predicted octanol–water partition coefficient (Wildman–Crippen LogP) is 1.93. The number of benzene rings is 1. The Morgan fingerprint density at radius 3 is 2.70 bits per heavy atom. The van der Waals surface area contributed by atoms with Gasteiger partial charge in [0.05, 0.1) is 4.92 Å². The Bertz CT molecular complexity index is 920. The van der Waals surface area contributed by atoms with Crippen molar-refractivity contribution in [3.63, 3.8) is 0 Å². The fourth-order valence-corrected chi connectivity index (χ4v) is 3.30. The number of carbonyl (C=O) groups excluding carboxylic acids is 2. The number of aryl methyl sites for hydroxylation is 1. The van der Waals surface area contributed by atoms with Crippen LogP contribution in [-0.2, 0) is 27.3 Å². The zero-order valence-electron chi connectivity index (χ0n) is 15.3. The summed E-state index contributed by atoms with van der Waals surface area (Å²) in [5.41, 5.74) is 2.28. The molecule has 0 saturated heterocycles. The molecule has 0 saturated carbocycles. The molecule has 3 rings (SSSR count). The van der Waals surface area contributed by atoms with Crippen LogP contribution in [0.1, 0.15) is 23.9 Å². The molecule has 142 valence electrons. The molecule has 0 bridgehead atoms. The van der Waals surface area contributed by atoms with Crippen molar-refractivity contribution in [2.24, 2.45) is 0 Å². The lowest BCUT2D eigenvalue weighted by atomic mass is 10.2. The van der Waals surface area contributed by atoms with Crippen LogP contribution in [0.2, 0.25) is 0 Å². The zero-order valence-corrected chi connectivity index (χ0v) is 15.3. The lowest BCUT2D eigenvalue weighted by molar-refractivity contribution is -0.386. The molecule has 2 heterocycles. The summed E-state index contributed by atoms with van der Waals surface area (Å²) in [7, 11) is 0. The van der Waals surface area contributed by atoms with Gasteiger partial charge in [-0.2, -0.15) is 5.10 Å². The highest BCUT2D eigenvalue weighted by molar-refractivity contribution is 5.99. The molecule has 0 spiro atoms. The van der Waals surface area contributed by atoms with Crippen LogP contribution in [-0.4, -0.2) is 39.2 Å². The summed E-state index contributed by atoms with van der Waals surface area (Å²) in [6, 6.07) is 7.61. The van der Waals surface area contributed by atoms with Gasteiger partial charge in [0.15, 0.2) is 6.10 Å². The first-order chi connectivity index (χ1) is 12.8. The standard InChI is InChI=1S/C18H20N4O5/c1-11-17(22(25)26)12(2)21(19-11)10-16(23)27-13(3)18(24)20-9-8-14-6-4-5-7-15(14)20/h4-7,13H,8-10H2,1-3H3/t13-/m1/s1. The van der Waals surface area contributed by atoms with Gasteiger partial charge in [0.25, 0.3) is 5.91 Å². The van der Waals surface area contributed by atoms with Crippen molar-refractivity contribution < 1.29 is 19.2 Å². The van der Waals surface area contributed by atoms with Gasteiger partial charge in [-0.15, -0.1) is 0 Å². The molecule has 1 amide bonds.